The normalized spacial score (nSPS) is 6.55. The van der Waals surface area contributed by atoms with Crippen LogP contribution in [0.4, 0.5) is 4.79 Å². The van der Waals surface area contributed by atoms with Gasteiger partial charge < -0.3 is 24.5 Å². The molecule has 0 bridgehead atoms. The molecule has 0 aliphatic carbocycles. The van der Waals surface area contributed by atoms with Crippen molar-refractivity contribution in [1.29, 1.82) is 0 Å². The van der Waals surface area contributed by atoms with Gasteiger partial charge in [0.15, 0.2) is 0 Å². The summed E-state index contributed by atoms with van der Waals surface area (Å²) in [5.74, 6) is 0. The number of urea groups is 1. The van der Waals surface area contributed by atoms with Crippen LogP contribution in [0.2, 0.25) is 0 Å². The molecule has 0 aliphatic rings. The van der Waals surface area contributed by atoms with Gasteiger partial charge in [-0.2, -0.15) is 13.3 Å². The van der Waals surface area contributed by atoms with Gasteiger partial charge in [0.25, 0.3) is 0 Å². The molecule has 0 aromatic rings. The Bertz CT molecular complexity index is 78.8. The summed E-state index contributed by atoms with van der Waals surface area (Å²) in [7, 11) is 1.58. The van der Waals surface area contributed by atoms with E-state index in [-0.39, 0.29) is 38.7 Å². The maximum atomic E-state index is 10.3. The zero-order valence-corrected chi connectivity index (χ0v) is 10.2. The fourth-order valence-corrected chi connectivity index (χ4v) is 0.290. The molecule has 0 aliphatic heterocycles. The number of hydrogen-bond donors (Lipinski definition) is 2. The van der Waals surface area contributed by atoms with Crippen LogP contribution >= 0.6 is 0 Å². The molecule has 0 unspecified atom stereocenters. The largest absolute Gasteiger partial charge is 0.346 e. The maximum absolute atomic E-state index is 10.3. The molecular formula is C7H16N2OY-2. The van der Waals surface area contributed by atoms with Crippen molar-refractivity contribution >= 4 is 6.03 Å². The van der Waals surface area contributed by atoms with Crippen molar-refractivity contribution in [2.75, 3.05) is 13.6 Å². The monoisotopic (exact) mass is 233 g/mol. The van der Waals surface area contributed by atoms with Gasteiger partial charge >= 0.3 is 6.03 Å². The van der Waals surface area contributed by atoms with Gasteiger partial charge in [-0.05, 0) is 6.54 Å². The summed E-state index contributed by atoms with van der Waals surface area (Å²) < 4.78 is 0. The Morgan fingerprint density at radius 3 is 2.18 bits per heavy atom. The summed E-state index contributed by atoms with van der Waals surface area (Å²) in [6.07, 6.45) is 0.730. The molecule has 0 rings (SSSR count). The number of amides is 2. The van der Waals surface area contributed by atoms with Crippen molar-refractivity contribution in [2.24, 2.45) is 0 Å². The minimum absolute atomic E-state index is 0. The third-order valence-corrected chi connectivity index (χ3v) is 0.689. The predicted octanol–water partition coefficient (Wildman–Crippen LogP) is 0.977. The number of carbonyl (C=O) groups is 1. The fraction of sp³-hybridized carbons (Fsp3) is 0.571. The van der Waals surface area contributed by atoms with Crippen molar-refractivity contribution in [3.05, 3.63) is 13.8 Å². The molecule has 11 heavy (non-hydrogen) atoms. The van der Waals surface area contributed by atoms with E-state index in [2.05, 4.69) is 24.5 Å². The summed E-state index contributed by atoms with van der Waals surface area (Å²) in [6, 6.07) is -0.145. The van der Waals surface area contributed by atoms with Crippen LogP contribution in [0.3, 0.4) is 0 Å². The van der Waals surface area contributed by atoms with Crippen LogP contribution in [0, 0.1) is 13.8 Å². The second-order valence-corrected chi connectivity index (χ2v) is 1.36. The van der Waals surface area contributed by atoms with Gasteiger partial charge in [0.2, 0.25) is 0 Å². The van der Waals surface area contributed by atoms with Gasteiger partial charge in [-0.3, -0.25) is 0 Å². The van der Waals surface area contributed by atoms with E-state index in [4.69, 9.17) is 0 Å². The van der Waals surface area contributed by atoms with Crippen LogP contribution in [-0.4, -0.2) is 19.6 Å². The molecule has 1 radical (unpaired) electrons. The van der Waals surface area contributed by atoms with Crippen molar-refractivity contribution in [2.45, 2.75) is 13.3 Å². The maximum Gasteiger partial charge on any atom is 0.314 e. The first-order chi connectivity index (χ1) is 4.81. The van der Waals surface area contributed by atoms with Crippen molar-refractivity contribution in [3.63, 3.8) is 0 Å². The second-order valence-electron chi connectivity index (χ2n) is 1.36. The van der Waals surface area contributed by atoms with Crippen LogP contribution in [0.25, 0.3) is 0 Å². The second kappa shape index (κ2) is 16.8. The summed E-state index contributed by atoms with van der Waals surface area (Å²) in [4.78, 5) is 10.3. The molecule has 0 saturated heterocycles. The smallest absolute Gasteiger partial charge is 0.314 e. The van der Waals surface area contributed by atoms with Gasteiger partial charge in [-0.25, -0.2) is 4.79 Å². The molecule has 2 amide bonds. The van der Waals surface area contributed by atoms with Crippen molar-refractivity contribution < 1.29 is 37.5 Å². The van der Waals surface area contributed by atoms with E-state index in [9.17, 15) is 4.79 Å². The van der Waals surface area contributed by atoms with Gasteiger partial charge in [-0.1, -0.05) is 0 Å². The zero-order chi connectivity index (χ0) is 8.41. The Morgan fingerprint density at radius 1 is 1.45 bits per heavy atom. The summed E-state index contributed by atoms with van der Waals surface area (Å²) >= 11 is 0. The molecule has 0 heterocycles. The van der Waals surface area contributed by atoms with E-state index in [1.165, 1.54) is 0 Å². The van der Waals surface area contributed by atoms with E-state index in [0.717, 1.165) is 6.42 Å². The van der Waals surface area contributed by atoms with E-state index in [1.54, 1.807) is 14.0 Å². The number of nitrogens with one attached hydrogen (secondary N) is 2. The third-order valence-electron chi connectivity index (χ3n) is 0.689. The quantitative estimate of drug-likeness (QED) is 0.686. The molecule has 0 saturated carbocycles. The van der Waals surface area contributed by atoms with Crippen LogP contribution in [-0.2, 0) is 32.7 Å². The van der Waals surface area contributed by atoms with E-state index in [1.807, 2.05) is 0 Å². The zero-order valence-electron chi connectivity index (χ0n) is 7.31. The van der Waals surface area contributed by atoms with E-state index >= 15 is 0 Å². The first kappa shape index (κ1) is 17.5. The number of rotatable bonds is 2. The third kappa shape index (κ3) is 17.9. The molecule has 4 heteroatoms. The minimum atomic E-state index is -0.145. The topological polar surface area (TPSA) is 41.1 Å². The van der Waals surface area contributed by atoms with E-state index < -0.39 is 0 Å². The molecule has 0 spiro atoms. The summed E-state index contributed by atoms with van der Waals surface area (Å²) in [5.41, 5.74) is 0. The van der Waals surface area contributed by atoms with Crippen molar-refractivity contribution in [1.82, 2.24) is 10.6 Å². The standard InChI is InChI=1S/C5H11N2O.C2H5.Y/c1-3-4-7-5(8)6-2;1-2;/h1,3-4H2,2H3,(H2,6,7,8);1H2,2H3;/q2*-1;. The van der Waals surface area contributed by atoms with Crippen molar-refractivity contribution in [3.8, 4) is 0 Å². The first-order valence-electron chi connectivity index (χ1n) is 3.26. The molecule has 2 N–H and O–H groups in total. The summed E-state index contributed by atoms with van der Waals surface area (Å²) in [5, 5.41) is 4.99. The fourth-order valence-electron chi connectivity index (χ4n) is 0.290. The average molecular weight is 233 g/mol. The number of hydrogen-bond acceptors (Lipinski definition) is 1. The molecular weight excluding hydrogens is 217 g/mol. The van der Waals surface area contributed by atoms with Crippen LogP contribution < -0.4 is 10.6 Å². The SMILES string of the molecule is [CH2-]C.[CH2-]CCNC(=O)NC.[Y]. The molecule has 65 valence electrons. The Morgan fingerprint density at radius 2 is 1.91 bits per heavy atom. The number of carbonyl (C=O) groups excluding carboxylic acids is 1. The Labute approximate surface area is 94.6 Å². The Balaban J connectivity index is -0.000000196. The van der Waals surface area contributed by atoms with Crippen LogP contribution in [0.1, 0.15) is 13.3 Å². The molecule has 0 fully saturated rings. The molecule has 0 aromatic heterocycles. The molecule has 0 aromatic carbocycles. The van der Waals surface area contributed by atoms with Gasteiger partial charge in [0.05, 0.1) is 0 Å². The first-order valence-corrected chi connectivity index (χ1v) is 3.26. The Kier molecular flexibility index (Phi) is 26.6. The predicted molar refractivity (Wildman–Crippen MR) is 43.5 cm³/mol. The molecule has 3 nitrogen and oxygen atoms in total. The summed E-state index contributed by atoms with van der Waals surface area (Å²) in [6.45, 7) is 9.19. The Hall–Kier alpha value is 0.374. The molecule has 0 atom stereocenters. The van der Waals surface area contributed by atoms with Gasteiger partial charge in [0, 0.05) is 39.8 Å². The van der Waals surface area contributed by atoms with Gasteiger partial charge in [-0.15, -0.1) is 0 Å². The van der Waals surface area contributed by atoms with Gasteiger partial charge in [0.1, 0.15) is 0 Å². The minimum Gasteiger partial charge on any atom is -0.346 e. The van der Waals surface area contributed by atoms with Crippen LogP contribution in [0.15, 0.2) is 0 Å². The van der Waals surface area contributed by atoms with E-state index in [0.29, 0.717) is 6.54 Å². The average Bonchev–Trinajstić information content (AvgIpc) is 2.04. The van der Waals surface area contributed by atoms with Crippen LogP contribution in [0.5, 0.6) is 0 Å².